The van der Waals surface area contributed by atoms with Crippen molar-refractivity contribution < 1.29 is 75.7 Å². The number of imidazole rings is 1. The molecule has 4 aromatic rings. The molecule has 2 aromatic heterocycles. The minimum absolute atomic E-state index is 0.00103. The van der Waals surface area contributed by atoms with Gasteiger partial charge in [0.15, 0.2) is 12.4 Å². The Morgan fingerprint density at radius 1 is 1.03 bits per heavy atom. The maximum absolute atomic E-state index is 13.4. The van der Waals surface area contributed by atoms with Gasteiger partial charge in [0, 0.05) is 67.1 Å². The number of carboxylic acids is 1. The quantitative estimate of drug-likeness (QED) is 0.0310. The molecule has 27 heteroatoms. The number of H-pyrrole nitrogens is 1. The summed E-state index contributed by atoms with van der Waals surface area (Å²) in [5.74, 6) is -1.76. The number of hydrogen-bond acceptors (Lipinski definition) is 15. The fourth-order valence-corrected chi connectivity index (χ4v) is 8.99. The highest BCUT2D eigenvalue weighted by Crippen LogP contribution is 2.57. The zero-order chi connectivity index (χ0) is 48.0. The molecular formula is C39H45N9O16P2+2. The van der Waals surface area contributed by atoms with Gasteiger partial charge in [-0.25, -0.2) is 27.9 Å². The van der Waals surface area contributed by atoms with E-state index in [2.05, 4.69) is 29.4 Å². The number of carbonyl (C=O) groups excluding carboxylic acids is 2. The van der Waals surface area contributed by atoms with Gasteiger partial charge in [-0.05, 0) is 35.9 Å². The Balaban J connectivity index is 1.07. The van der Waals surface area contributed by atoms with E-state index in [-0.39, 0.29) is 41.3 Å². The monoisotopic (exact) mass is 957 g/mol. The molecule has 2 amide bonds. The number of nitrogens with zero attached hydrogens (tertiary/aromatic N) is 5. The number of carbonyl (C=O) groups is 3. The van der Waals surface area contributed by atoms with Crippen molar-refractivity contribution in [2.75, 3.05) is 58.5 Å². The van der Waals surface area contributed by atoms with Gasteiger partial charge in [0.05, 0.1) is 25.3 Å². The number of aromatic nitrogens is 4. The van der Waals surface area contributed by atoms with Crippen LogP contribution in [0.1, 0.15) is 26.9 Å². The summed E-state index contributed by atoms with van der Waals surface area (Å²) >= 11 is 0. The Morgan fingerprint density at radius 3 is 2.42 bits per heavy atom. The summed E-state index contributed by atoms with van der Waals surface area (Å²) in [6, 6.07) is 15.5. The highest BCUT2D eigenvalue weighted by Gasteiger charge is 2.51. The number of aliphatic hydroxyl groups is 1. The second-order valence-electron chi connectivity index (χ2n) is 15.4. The van der Waals surface area contributed by atoms with E-state index < -0.39 is 70.3 Å². The third kappa shape index (κ3) is 9.99. The lowest BCUT2D eigenvalue weighted by molar-refractivity contribution is -0.745. The van der Waals surface area contributed by atoms with Crippen LogP contribution in [-0.2, 0) is 34.5 Å². The van der Waals surface area contributed by atoms with Crippen molar-refractivity contribution >= 4 is 67.4 Å². The van der Waals surface area contributed by atoms with Crippen molar-refractivity contribution in [1.29, 1.82) is 0 Å². The number of nitrogens with one attached hydrogen (secondary N) is 3. The minimum Gasteiger partial charge on any atom is -0.478 e. The summed E-state index contributed by atoms with van der Waals surface area (Å²) in [5.41, 5.74) is 7.77. The van der Waals surface area contributed by atoms with Crippen LogP contribution in [-0.4, -0.2) is 124 Å². The average Bonchev–Trinajstić information content (AvgIpc) is 3.73. The van der Waals surface area contributed by atoms with E-state index in [9.17, 15) is 43.4 Å². The highest BCUT2D eigenvalue weighted by atomic mass is 31.3. The summed E-state index contributed by atoms with van der Waals surface area (Å²) in [4.78, 5) is 88.2. The number of phosphoric ester groups is 1. The van der Waals surface area contributed by atoms with Crippen molar-refractivity contribution in [2.24, 2.45) is 7.05 Å². The number of alkyl carbamates (subject to hydrolysis) is 1. The number of nitrogen functional groups attached to an aromatic ring is 1. The van der Waals surface area contributed by atoms with E-state index in [0.29, 0.717) is 33.4 Å². The van der Waals surface area contributed by atoms with E-state index in [1.165, 1.54) is 34.6 Å². The maximum Gasteiger partial charge on any atom is 0.481 e. The van der Waals surface area contributed by atoms with Crippen molar-refractivity contribution in [3.8, 4) is 22.5 Å². The topological polar surface area (TPSA) is 347 Å². The number of fused-ring (bicyclic) bond motifs is 3. The lowest BCUT2D eigenvalue weighted by atomic mass is 9.89. The Labute approximate surface area is 372 Å². The Morgan fingerprint density at radius 2 is 1.74 bits per heavy atom. The van der Waals surface area contributed by atoms with Gasteiger partial charge < -0.3 is 60.1 Å². The molecule has 350 valence electrons. The summed E-state index contributed by atoms with van der Waals surface area (Å²) in [6.07, 6.45) is -6.51. The molecule has 0 bridgehead atoms. The number of phosphoric acid groups is 2. The van der Waals surface area contributed by atoms with Crippen LogP contribution >= 0.6 is 15.6 Å². The van der Waals surface area contributed by atoms with Crippen LogP contribution in [0.3, 0.4) is 0 Å². The van der Waals surface area contributed by atoms with Gasteiger partial charge in [0.25, 0.3) is 17.4 Å². The maximum atomic E-state index is 13.4. The van der Waals surface area contributed by atoms with E-state index in [1.54, 1.807) is 6.07 Å². The van der Waals surface area contributed by atoms with Crippen LogP contribution < -0.4 is 41.3 Å². The van der Waals surface area contributed by atoms with Crippen molar-refractivity contribution in [3.63, 3.8) is 0 Å². The first-order valence-electron chi connectivity index (χ1n) is 19.6. The first-order valence-corrected chi connectivity index (χ1v) is 22.7. The summed E-state index contributed by atoms with van der Waals surface area (Å²) in [5, 5.41) is 28.2. The van der Waals surface area contributed by atoms with Gasteiger partial charge in [-0.15, -0.1) is 0 Å². The number of aromatic amines is 1. The molecule has 4 heterocycles. The second-order valence-corrected chi connectivity index (χ2v) is 18.2. The number of nitrogens with two attached hydrogens (primary N) is 1. The molecule has 0 saturated carbocycles. The normalized spacial score (nSPS) is 18.3. The van der Waals surface area contributed by atoms with E-state index in [1.807, 2.05) is 74.1 Å². The Kier molecular flexibility index (Phi) is 13.2. The SMILES string of the molecule is CN(C)c1ccc2c(-c3ccc(C(=O)NCCNC(=O)O[C@@H]4[C@H](O)[C@@H](COP(=O)(O)OP(=O)(O)O)O[C@H]4[n+]4cn(C)c5c(=O)[nH]c(N)nc54)cc3C(=O)O)c3ccc(=[N+](C)C)cc-3oc2c1. The zero-order valence-electron chi connectivity index (χ0n) is 35.6. The Hall–Kier alpha value is -6.53. The van der Waals surface area contributed by atoms with Gasteiger partial charge in [-0.1, -0.05) is 11.1 Å². The first kappa shape index (κ1) is 47.4. The minimum atomic E-state index is -5.50. The molecule has 25 nitrogen and oxygen atoms in total. The van der Waals surface area contributed by atoms with Gasteiger partial charge in [-0.2, -0.15) is 4.31 Å². The number of rotatable bonds is 14. The van der Waals surface area contributed by atoms with Gasteiger partial charge >= 0.3 is 33.4 Å². The van der Waals surface area contributed by atoms with E-state index in [0.717, 1.165) is 11.0 Å². The average molecular weight is 958 g/mol. The fourth-order valence-electron chi connectivity index (χ4n) is 7.39. The molecular weight excluding hydrogens is 912 g/mol. The lowest BCUT2D eigenvalue weighted by Gasteiger charge is -2.20. The van der Waals surface area contributed by atoms with Crippen molar-refractivity contribution in [1.82, 2.24) is 29.7 Å². The third-order valence-electron chi connectivity index (χ3n) is 10.4. The molecule has 3 aliphatic rings. The fraction of sp³-hybridized carbons (Fsp3) is 0.308. The van der Waals surface area contributed by atoms with Gasteiger partial charge in [0.2, 0.25) is 17.1 Å². The molecule has 1 fully saturated rings. The van der Waals surface area contributed by atoms with Gasteiger partial charge in [-0.3, -0.25) is 23.7 Å². The molecule has 0 radical (unpaired) electrons. The number of benzene rings is 3. The molecule has 5 atom stereocenters. The number of hydrogen-bond donors (Lipinski definition) is 9. The van der Waals surface area contributed by atoms with Crippen LogP contribution in [0.5, 0.6) is 0 Å². The standard InChI is InChI=1S/C39H43N9O16P2/c1-45(2)20-7-10-23-26(15-20)61-27-16-21(46(3)4)8-11-24(27)29(23)22-9-6-19(14-25(22)37(52)53)34(50)41-12-13-42-39(54)63-32-31(49)28(17-60-66(58,59)64-65(55,56)57)62-36(32)48-18-47(5)30-33(48)43-38(40)44-35(30)51/h6-11,14-16,18,28,31-32,36,49H,12-13,17H2,1-5H3,(H7-2,40,41,42,43,44,50,51,52,53,54,55,56,57,58,59)/p+2/t28-,31-,32-,36-/m1/s1. The second kappa shape index (κ2) is 18.4. The summed E-state index contributed by atoms with van der Waals surface area (Å²) < 4.78 is 53.8. The third-order valence-corrected chi connectivity index (χ3v) is 12.6. The Bertz CT molecular complexity index is 3110. The van der Waals surface area contributed by atoms with Crippen LogP contribution in [0.25, 0.3) is 44.6 Å². The van der Waals surface area contributed by atoms with Crippen LogP contribution in [0, 0.1) is 0 Å². The zero-order valence-corrected chi connectivity index (χ0v) is 37.4. The molecule has 1 aliphatic carbocycles. The number of carboxylic acid groups (broad SMARTS) is 1. The molecule has 2 aromatic carbocycles. The van der Waals surface area contributed by atoms with Crippen LogP contribution in [0.15, 0.2) is 70.1 Å². The molecule has 7 rings (SSSR count). The molecule has 66 heavy (non-hydrogen) atoms. The smallest absolute Gasteiger partial charge is 0.478 e. The number of aryl methyl sites for hydroxylation is 1. The number of aliphatic hydroxyl groups excluding tert-OH is 1. The first-order chi connectivity index (χ1) is 31.0. The van der Waals surface area contributed by atoms with E-state index in [4.69, 9.17) is 29.4 Å². The number of anilines is 2. The van der Waals surface area contributed by atoms with Crippen LogP contribution in [0.4, 0.5) is 16.4 Å². The van der Waals surface area contributed by atoms with Crippen molar-refractivity contribution in [2.45, 2.75) is 24.5 Å². The lowest BCUT2D eigenvalue weighted by Crippen LogP contribution is -2.49. The largest absolute Gasteiger partial charge is 0.481 e. The molecule has 10 N–H and O–H groups in total. The summed E-state index contributed by atoms with van der Waals surface area (Å²) in [6.45, 7) is -1.48. The number of ether oxygens (including phenoxy) is 2. The highest BCUT2D eigenvalue weighted by molar-refractivity contribution is 7.60. The summed E-state index contributed by atoms with van der Waals surface area (Å²) in [7, 11) is -1.90. The van der Waals surface area contributed by atoms with E-state index >= 15 is 0 Å². The molecule has 1 unspecified atom stereocenters. The predicted octanol–water partition coefficient (Wildman–Crippen LogP) is 0.455. The van der Waals surface area contributed by atoms with Gasteiger partial charge in [0.1, 0.15) is 37.6 Å². The molecule has 1 saturated heterocycles. The van der Waals surface area contributed by atoms with Crippen LogP contribution in [0.2, 0.25) is 0 Å². The predicted molar refractivity (Wildman–Crippen MR) is 232 cm³/mol. The number of amides is 2. The van der Waals surface area contributed by atoms with Crippen molar-refractivity contribution in [3.05, 3.63) is 87.8 Å². The number of aromatic carboxylic acids is 1. The molecule has 2 aliphatic heterocycles. The molecule has 0 spiro atoms.